The Morgan fingerprint density at radius 2 is 1.93 bits per heavy atom. The van der Waals surface area contributed by atoms with Gasteiger partial charge in [0, 0.05) is 17.0 Å². The SMILES string of the molecule is CSc1c(O[C@H]2CC[C@@H](NC(=O)c3ccccc3)CC2)ccc2[nH]ncc12. The number of carbonyl (C=O) groups excluding carboxylic acids is 1. The van der Waals surface area contributed by atoms with E-state index in [2.05, 4.69) is 21.8 Å². The summed E-state index contributed by atoms with van der Waals surface area (Å²) in [6.07, 6.45) is 7.85. The molecule has 27 heavy (non-hydrogen) atoms. The van der Waals surface area contributed by atoms with Crippen molar-refractivity contribution in [1.82, 2.24) is 15.5 Å². The number of fused-ring (bicyclic) bond motifs is 1. The summed E-state index contributed by atoms with van der Waals surface area (Å²) in [4.78, 5) is 13.4. The average molecular weight is 382 g/mol. The molecule has 1 fully saturated rings. The number of amides is 1. The van der Waals surface area contributed by atoms with Gasteiger partial charge in [-0.15, -0.1) is 11.8 Å². The molecule has 0 bridgehead atoms. The minimum Gasteiger partial charge on any atom is -0.489 e. The summed E-state index contributed by atoms with van der Waals surface area (Å²) in [6.45, 7) is 0. The number of hydrogen-bond acceptors (Lipinski definition) is 4. The van der Waals surface area contributed by atoms with Crippen molar-refractivity contribution in [2.75, 3.05) is 6.26 Å². The first kappa shape index (κ1) is 17.9. The van der Waals surface area contributed by atoms with Gasteiger partial charge in [-0.2, -0.15) is 5.10 Å². The number of H-pyrrole nitrogens is 1. The van der Waals surface area contributed by atoms with Gasteiger partial charge in [0.25, 0.3) is 5.91 Å². The number of nitrogens with zero attached hydrogens (tertiary/aromatic N) is 1. The molecule has 0 aliphatic heterocycles. The largest absolute Gasteiger partial charge is 0.489 e. The molecule has 1 saturated carbocycles. The molecule has 0 saturated heterocycles. The monoisotopic (exact) mass is 381 g/mol. The Morgan fingerprint density at radius 3 is 2.67 bits per heavy atom. The highest BCUT2D eigenvalue weighted by molar-refractivity contribution is 7.99. The lowest BCUT2D eigenvalue weighted by Crippen LogP contribution is -2.39. The van der Waals surface area contributed by atoms with Crippen LogP contribution in [0.25, 0.3) is 10.9 Å². The Kier molecular flexibility index (Phi) is 5.34. The molecule has 2 aromatic carbocycles. The van der Waals surface area contributed by atoms with Crippen LogP contribution in [0.3, 0.4) is 0 Å². The Hall–Kier alpha value is -2.47. The number of rotatable bonds is 5. The van der Waals surface area contributed by atoms with E-state index in [1.807, 2.05) is 48.7 Å². The van der Waals surface area contributed by atoms with Crippen molar-refractivity contribution in [3.63, 3.8) is 0 Å². The van der Waals surface area contributed by atoms with E-state index >= 15 is 0 Å². The van der Waals surface area contributed by atoms with Gasteiger partial charge in [0.1, 0.15) is 5.75 Å². The molecular formula is C21H23N3O2S. The van der Waals surface area contributed by atoms with Crippen LogP contribution in [-0.2, 0) is 0 Å². The normalized spacial score (nSPS) is 19.7. The van der Waals surface area contributed by atoms with Crippen LogP contribution in [0.1, 0.15) is 36.0 Å². The van der Waals surface area contributed by atoms with Crippen molar-refractivity contribution >= 4 is 28.6 Å². The maximum atomic E-state index is 12.3. The van der Waals surface area contributed by atoms with Gasteiger partial charge in [-0.25, -0.2) is 0 Å². The molecule has 0 unspecified atom stereocenters. The van der Waals surface area contributed by atoms with Gasteiger partial charge in [0.2, 0.25) is 0 Å². The fraction of sp³-hybridized carbons (Fsp3) is 0.333. The molecule has 1 heterocycles. The standard InChI is InChI=1S/C21H23N3O2S/c1-27-20-17-13-22-24-18(17)11-12-19(20)26-16-9-7-15(8-10-16)23-21(25)14-5-3-2-4-6-14/h2-6,11-13,15-16H,7-10H2,1H3,(H,22,24)(H,23,25)/t15-,16+. The molecule has 0 radical (unpaired) electrons. The summed E-state index contributed by atoms with van der Waals surface area (Å²) in [5.74, 6) is 0.934. The minimum atomic E-state index is 0.00930. The molecule has 1 aliphatic carbocycles. The van der Waals surface area contributed by atoms with Crippen LogP contribution in [0.2, 0.25) is 0 Å². The summed E-state index contributed by atoms with van der Waals surface area (Å²) in [7, 11) is 0. The predicted molar refractivity (Wildman–Crippen MR) is 108 cm³/mol. The smallest absolute Gasteiger partial charge is 0.251 e. The van der Waals surface area contributed by atoms with Crippen LogP contribution in [0, 0.1) is 0 Å². The Morgan fingerprint density at radius 1 is 1.15 bits per heavy atom. The third-order valence-electron chi connectivity index (χ3n) is 5.08. The Labute approximate surface area is 162 Å². The summed E-state index contributed by atoms with van der Waals surface area (Å²) in [5.41, 5.74) is 1.74. The minimum absolute atomic E-state index is 0.00930. The molecule has 3 aromatic rings. The second-order valence-electron chi connectivity index (χ2n) is 6.86. The van der Waals surface area contributed by atoms with Crippen LogP contribution < -0.4 is 10.1 Å². The maximum absolute atomic E-state index is 12.3. The zero-order valence-electron chi connectivity index (χ0n) is 15.3. The number of aromatic nitrogens is 2. The van der Waals surface area contributed by atoms with Crippen LogP contribution in [-0.4, -0.2) is 34.5 Å². The van der Waals surface area contributed by atoms with Crippen molar-refractivity contribution in [3.8, 4) is 5.75 Å². The number of carbonyl (C=O) groups is 1. The van der Waals surface area contributed by atoms with E-state index in [-0.39, 0.29) is 18.1 Å². The highest BCUT2D eigenvalue weighted by Gasteiger charge is 2.25. The first-order valence-electron chi connectivity index (χ1n) is 9.27. The molecule has 1 aromatic heterocycles. The summed E-state index contributed by atoms with van der Waals surface area (Å²) < 4.78 is 6.32. The van der Waals surface area contributed by atoms with Crippen molar-refractivity contribution in [1.29, 1.82) is 0 Å². The summed E-state index contributed by atoms with van der Waals surface area (Å²) in [5, 5.41) is 11.4. The predicted octanol–water partition coefficient (Wildman–Crippen LogP) is 4.40. The van der Waals surface area contributed by atoms with Crippen LogP contribution in [0.15, 0.2) is 53.6 Å². The van der Waals surface area contributed by atoms with E-state index < -0.39 is 0 Å². The fourth-order valence-corrected chi connectivity index (χ4v) is 4.34. The third kappa shape index (κ3) is 3.95. The maximum Gasteiger partial charge on any atom is 0.251 e. The van der Waals surface area contributed by atoms with Crippen molar-refractivity contribution in [3.05, 3.63) is 54.2 Å². The lowest BCUT2D eigenvalue weighted by Gasteiger charge is -2.30. The second kappa shape index (κ2) is 8.05. The summed E-state index contributed by atoms with van der Waals surface area (Å²) >= 11 is 1.68. The van der Waals surface area contributed by atoms with Gasteiger partial charge in [0.05, 0.1) is 22.7 Å². The number of nitrogens with one attached hydrogen (secondary N) is 2. The molecule has 5 nitrogen and oxygen atoms in total. The lowest BCUT2D eigenvalue weighted by molar-refractivity contribution is 0.0892. The van der Waals surface area contributed by atoms with E-state index in [9.17, 15) is 4.79 Å². The Balaban J connectivity index is 1.35. The molecule has 1 amide bonds. The van der Waals surface area contributed by atoms with Gasteiger partial charge in [-0.1, -0.05) is 18.2 Å². The molecule has 2 N–H and O–H groups in total. The molecule has 0 spiro atoms. The topological polar surface area (TPSA) is 67.0 Å². The zero-order chi connectivity index (χ0) is 18.6. The van der Waals surface area contributed by atoms with E-state index in [0.717, 1.165) is 47.2 Å². The molecule has 4 rings (SSSR count). The van der Waals surface area contributed by atoms with E-state index in [1.54, 1.807) is 11.8 Å². The van der Waals surface area contributed by atoms with Gasteiger partial charge >= 0.3 is 0 Å². The quantitative estimate of drug-likeness (QED) is 0.643. The van der Waals surface area contributed by atoms with Gasteiger partial charge < -0.3 is 10.1 Å². The lowest BCUT2D eigenvalue weighted by atomic mass is 9.92. The highest BCUT2D eigenvalue weighted by atomic mass is 32.2. The van der Waals surface area contributed by atoms with E-state index in [0.29, 0.717) is 5.56 Å². The molecule has 6 heteroatoms. The second-order valence-corrected chi connectivity index (χ2v) is 7.68. The first-order chi connectivity index (χ1) is 13.2. The number of ether oxygens (including phenoxy) is 1. The summed E-state index contributed by atoms with van der Waals surface area (Å²) in [6, 6.07) is 13.6. The number of thioether (sulfide) groups is 1. The Bertz CT molecular complexity index is 918. The number of benzene rings is 2. The van der Waals surface area contributed by atoms with Gasteiger partial charge in [-0.05, 0) is 56.2 Å². The molecular weight excluding hydrogens is 358 g/mol. The van der Waals surface area contributed by atoms with Crippen LogP contribution in [0.4, 0.5) is 0 Å². The zero-order valence-corrected chi connectivity index (χ0v) is 16.1. The number of aromatic amines is 1. The van der Waals surface area contributed by atoms with E-state index in [1.165, 1.54) is 0 Å². The van der Waals surface area contributed by atoms with Crippen LogP contribution >= 0.6 is 11.8 Å². The number of hydrogen-bond donors (Lipinski definition) is 2. The molecule has 1 aliphatic rings. The van der Waals surface area contributed by atoms with Gasteiger partial charge in [0.15, 0.2) is 0 Å². The average Bonchev–Trinajstić information content (AvgIpc) is 3.19. The van der Waals surface area contributed by atoms with Gasteiger partial charge in [-0.3, -0.25) is 9.89 Å². The third-order valence-corrected chi connectivity index (χ3v) is 5.91. The van der Waals surface area contributed by atoms with Crippen molar-refractivity contribution in [2.45, 2.75) is 42.7 Å². The van der Waals surface area contributed by atoms with Crippen molar-refractivity contribution in [2.24, 2.45) is 0 Å². The first-order valence-corrected chi connectivity index (χ1v) is 10.5. The van der Waals surface area contributed by atoms with Crippen molar-refractivity contribution < 1.29 is 9.53 Å². The fourth-order valence-electron chi connectivity index (χ4n) is 3.64. The molecule has 0 atom stereocenters. The highest BCUT2D eigenvalue weighted by Crippen LogP contribution is 2.36. The van der Waals surface area contributed by atoms with Crippen LogP contribution in [0.5, 0.6) is 5.75 Å². The molecule has 140 valence electrons. The van der Waals surface area contributed by atoms with E-state index in [4.69, 9.17) is 4.74 Å².